The third-order valence-electron chi connectivity index (χ3n) is 5.94. The van der Waals surface area contributed by atoms with Crippen LogP contribution >= 0.6 is 0 Å². The molecular weight excluding hydrogens is 392 g/mol. The highest BCUT2D eigenvalue weighted by atomic mass is 16.7. The molecular formula is C24H28N4O3. The fourth-order valence-electron chi connectivity index (χ4n) is 4.11. The van der Waals surface area contributed by atoms with Crippen LogP contribution in [-0.4, -0.2) is 68.1 Å². The molecule has 0 saturated carbocycles. The monoisotopic (exact) mass is 420 g/mol. The molecule has 0 N–H and O–H groups in total. The molecule has 2 aliphatic heterocycles. The fourth-order valence-corrected chi connectivity index (χ4v) is 4.11. The summed E-state index contributed by atoms with van der Waals surface area (Å²) < 4.78 is 16.4. The Balaban J connectivity index is 1.09. The Morgan fingerprint density at radius 3 is 2.58 bits per heavy atom. The van der Waals surface area contributed by atoms with Crippen LogP contribution in [0.25, 0.3) is 11.3 Å². The van der Waals surface area contributed by atoms with Gasteiger partial charge in [0.05, 0.1) is 6.54 Å². The number of fused-ring (bicyclic) bond motifs is 1. The van der Waals surface area contributed by atoms with E-state index in [2.05, 4.69) is 57.2 Å². The van der Waals surface area contributed by atoms with Gasteiger partial charge in [0.2, 0.25) is 6.79 Å². The summed E-state index contributed by atoms with van der Waals surface area (Å²) in [5, 5.41) is 4.24. The molecule has 1 aromatic heterocycles. The first-order chi connectivity index (χ1) is 15.2. The Kier molecular flexibility index (Phi) is 5.78. The number of likely N-dealkylation sites (N-methyl/N-ethyl adjacent to an activating group) is 1. The molecule has 0 bridgehead atoms. The average Bonchev–Trinajstić information content (AvgIpc) is 3.47. The number of aromatic nitrogens is 1. The van der Waals surface area contributed by atoms with E-state index in [9.17, 15) is 0 Å². The van der Waals surface area contributed by atoms with E-state index in [0.717, 1.165) is 74.3 Å². The van der Waals surface area contributed by atoms with Gasteiger partial charge in [-0.2, -0.15) is 0 Å². The van der Waals surface area contributed by atoms with Gasteiger partial charge in [0, 0.05) is 56.6 Å². The van der Waals surface area contributed by atoms with Crippen molar-refractivity contribution in [1.29, 1.82) is 0 Å². The number of hydrogen-bond acceptors (Lipinski definition) is 7. The van der Waals surface area contributed by atoms with Crippen molar-refractivity contribution in [2.75, 3.05) is 58.0 Å². The Bertz CT molecular complexity index is 999. The van der Waals surface area contributed by atoms with E-state index in [0.29, 0.717) is 0 Å². The minimum Gasteiger partial charge on any atom is -0.454 e. The van der Waals surface area contributed by atoms with Gasteiger partial charge in [0.1, 0.15) is 5.69 Å². The smallest absolute Gasteiger partial charge is 0.231 e. The van der Waals surface area contributed by atoms with Gasteiger partial charge in [-0.25, -0.2) is 0 Å². The highest BCUT2D eigenvalue weighted by molar-refractivity contribution is 5.64. The van der Waals surface area contributed by atoms with E-state index in [1.807, 2.05) is 24.3 Å². The van der Waals surface area contributed by atoms with Crippen LogP contribution in [0.4, 0.5) is 5.69 Å². The SMILES string of the molecule is CN(CCN1CCN(c2ccccc2)CC1)Cc1cc(-c2ccc3c(c2)OCO3)no1. The lowest BCUT2D eigenvalue weighted by molar-refractivity contribution is 0.174. The van der Waals surface area contributed by atoms with E-state index in [1.165, 1.54) is 5.69 Å². The molecule has 7 nitrogen and oxygen atoms in total. The predicted molar refractivity (Wildman–Crippen MR) is 119 cm³/mol. The number of para-hydroxylation sites is 1. The molecule has 5 rings (SSSR count). The quantitative estimate of drug-likeness (QED) is 0.581. The summed E-state index contributed by atoms with van der Waals surface area (Å²) in [4.78, 5) is 7.29. The standard InChI is InChI=1S/C24H28N4O3/c1-26(9-10-27-11-13-28(14-12-27)20-5-3-2-4-6-20)17-21-16-22(25-31-21)19-7-8-23-24(15-19)30-18-29-23/h2-8,15-16H,9-14,17-18H2,1H3. The lowest BCUT2D eigenvalue weighted by Crippen LogP contribution is -2.48. The maximum atomic E-state index is 5.58. The van der Waals surface area contributed by atoms with Gasteiger partial charge in [-0.15, -0.1) is 0 Å². The maximum absolute atomic E-state index is 5.58. The molecule has 1 fully saturated rings. The summed E-state index contributed by atoms with van der Waals surface area (Å²) in [6, 6.07) is 18.5. The van der Waals surface area contributed by atoms with Crippen LogP contribution in [0.3, 0.4) is 0 Å². The number of piperazine rings is 1. The maximum Gasteiger partial charge on any atom is 0.231 e. The van der Waals surface area contributed by atoms with Crippen LogP contribution in [0.2, 0.25) is 0 Å². The van der Waals surface area contributed by atoms with Crippen LogP contribution in [0.5, 0.6) is 11.5 Å². The van der Waals surface area contributed by atoms with Crippen molar-refractivity contribution in [3.63, 3.8) is 0 Å². The molecule has 31 heavy (non-hydrogen) atoms. The van der Waals surface area contributed by atoms with Gasteiger partial charge in [-0.3, -0.25) is 9.80 Å². The number of rotatable bonds is 7. The summed E-state index contributed by atoms with van der Waals surface area (Å²) in [6.45, 7) is 7.41. The van der Waals surface area contributed by atoms with Crippen molar-refractivity contribution < 1.29 is 14.0 Å². The number of hydrogen-bond donors (Lipinski definition) is 0. The summed E-state index contributed by atoms with van der Waals surface area (Å²) in [7, 11) is 2.13. The van der Waals surface area contributed by atoms with Crippen molar-refractivity contribution >= 4 is 5.69 Å². The van der Waals surface area contributed by atoms with Crippen LogP contribution in [0.15, 0.2) is 59.1 Å². The Labute approximate surface area is 182 Å². The molecule has 2 aromatic carbocycles. The van der Waals surface area contributed by atoms with Gasteiger partial charge >= 0.3 is 0 Å². The summed E-state index contributed by atoms with van der Waals surface area (Å²) in [5.41, 5.74) is 3.11. The molecule has 3 heterocycles. The van der Waals surface area contributed by atoms with Crippen molar-refractivity contribution in [2.45, 2.75) is 6.54 Å². The Morgan fingerprint density at radius 1 is 0.935 bits per heavy atom. The molecule has 0 aliphatic carbocycles. The molecule has 1 saturated heterocycles. The van der Waals surface area contributed by atoms with Crippen molar-refractivity contribution in [3.8, 4) is 22.8 Å². The molecule has 0 radical (unpaired) electrons. The Hall–Kier alpha value is -3.03. The topological polar surface area (TPSA) is 54.2 Å². The molecule has 0 spiro atoms. The molecule has 162 valence electrons. The summed E-state index contributed by atoms with van der Waals surface area (Å²) >= 11 is 0. The third-order valence-corrected chi connectivity index (χ3v) is 5.94. The first kappa shape index (κ1) is 19.9. The highest BCUT2D eigenvalue weighted by Gasteiger charge is 2.18. The molecule has 2 aliphatic rings. The number of benzene rings is 2. The Morgan fingerprint density at radius 2 is 1.74 bits per heavy atom. The summed E-state index contributed by atoms with van der Waals surface area (Å²) in [5.74, 6) is 2.40. The largest absolute Gasteiger partial charge is 0.454 e. The van der Waals surface area contributed by atoms with Gasteiger partial charge in [0.25, 0.3) is 0 Å². The third kappa shape index (κ3) is 4.68. The lowest BCUT2D eigenvalue weighted by Gasteiger charge is -2.36. The number of nitrogens with zero attached hydrogens (tertiary/aromatic N) is 4. The molecule has 0 amide bonds. The second kappa shape index (κ2) is 8.99. The average molecular weight is 421 g/mol. The second-order valence-corrected chi connectivity index (χ2v) is 8.15. The van der Waals surface area contributed by atoms with Crippen LogP contribution < -0.4 is 14.4 Å². The second-order valence-electron chi connectivity index (χ2n) is 8.15. The highest BCUT2D eigenvalue weighted by Crippen LogP contribution is 2.35. The first-order valence-electron chi connectivity index (χ1n) is 10.8. The van der Waals surface area contributed by atoms with Crippen molar-refractivity contribution in [3.05, 3.63) is 60.4 Å². The van der Waals surface area contributed by atoms with Crippen molar-refractivity contribution in [1.82, 2.24) is 15.0 Å². The van der Waals surface area contributed by atoms with Gasteiger partial charge in [0.15, 0.2) is 17.3 Å². The minimum atomic E-state index is 0.273. The number of ether oxygens (including phenoxy) is 2. The fraction of sp³-hybridized carbons (Fsp3) is 0.375. The minimum absolute atomic E-state index is 0.273. The molecule has 0 unspecified atom stereocenters. The van der Waals surface area contributed by atoms with E-state index in [1.54, 1.807) is 0 Å². The summed E-state index contributed by atoms with van der Waals surface area (Å²) in [6.07, 6.45) is 0. The van der Waals surface area contributed by atoms with Crippen LogP contribution in [0.1, 0.15) is 5.76 Å². The number of anilines is 1. The van der Waals surface area contributed by atoms with E-state index in [-0.39, 0.29) is 6.79 Å². The normalized spacial score (nSPS) is 16.3. The molecule has 7 heteroatoms. The zero-order chi connectivity index (χ0) is 21.0. The lowest BCUT2D eigenvalue weighted by atomic mass is 10.1. The first-order valence-corrected chi connectivity index (χ1v) is 10.8. The van der Waals surface area contributed by atoms with Crippen LogP contribution in [-0.2, 0) is 6.54 Å². The zero-order valence-corrected chi connectivity index (χ0v) is 17.9. The molecule has 0 atom stereocenters. The van der Waals surface area contributed by atoms with E-state index >= 15 is 0 Å². The van der Waals surface area contributed by atoms with Crippen molar-refractivity contribution in [2.24, 2.45) is 0 Å². The van der Waals surface area contributed by atoms with Crippen LogP contribution in [0, 0.1) is 0 Å². The van der Waals surface area contributed by atoms with E-state index in [4.69, 9.17) is 14.0 Å². The molecule has 3 aromatic rings. The van der Waals surface area contributed by atoms with Gasteiger partial charge in [-0.05, 0) is 37.4 Å². The predicted octanol–water partition coefficient (Wildman–Crippen LogP) is 3.32. The zero-order valence-electron chi connectivity index (χ0n) is 17.9. The van der Waals surface area contributed by atoms with Gasteiger partial charge in [-0.1, -0.05) is 23.4 Å². The van der Waals surface area contributed by atoms with Gasteiger partial charge < -0.3 is 18.9 Å². The van der Waals surface area contributed by atoms with E-state index < -0.39 is 0 Å².